The van der Waals surface area contributed by atoms with Gasteiger partial charge in [-0.3, -0.25) is 4.79 Å². The average molecular weight is 964 g/mol. The van der Waals surface area contributed by atoms with Crippen molar-refractivity contribution >= 4 is 5.91 Å². The van der Waals surface area contributed by atoms with E-state index in [1.54, 1.807) is 0 Å². The molecule has 1 amide bonds. The van der Waals surface area contributed by atoms with E-state index in [2.05, 4.69) is 67.8 Å². The smallest absolute Gasteiger partial charge is 0.249 e. The first-order valence-electron chi connectivity index (χ1n) is 28.0. The number of hydrogen-bond acceptors (Lipinski definition) is 10. The van der Waals surface area contributed by atoms with E-state index in [0.29, 0.717) is 19.3 Å². The normalized spacial score (nSPS) is 20.9. The van der Waals surface area contributed by atoms with E-state index in [1.165, 1.54) is 148 Å². The fourth-order valence-electron chi connectivity index (χ4n) is 8.70. The standard InChI is InChI=1S/C57H105NO10/c1-3-5-7-9-11-13-15-17-19-21-22-23-24-25-26-27-28-29-31-33-35-37-39-41-43-45-50(61)56(66)58-48(47-67-57-55(65)54(64)53(63)51(46-59)68-57)52(62)49(60)44-42-40-38-36-34-32-30-20-18-16-14-12-10-8-6-4-2/h12,14,20,25-26,30,36,38,48-55,57,59-65H,3-11,13,15-19,21-24,27-29,31-35,37,39-47H2,1-2H3,(H,58,66)/b14-12+,26-25-,30-20+,38-36+. The van der Waals surface area contributed by atoms with Crippen LogP contribution in [0.4, 0.5) is 0 Å². The molecule has 9 unspecified atom stereocenters. The second-order valence-electron chi connectivity index (χ2n) is 19.6. The van der Waals surface area contributed by atoms with E-state index in [-0.39, 0.29) is 12.8 Å². The average Bonchev–Trinajstić information content (AvgIpc) is 3.34. The van der Waals surface area contributed by atoms with E-state index in [0.717, 1.165) is 44.9 Å². The molecular weight excluding hydrogens is 859 g/mol. The first-order chi connectivity index (χ1) is 33.2. The molecule has 1 fully saturated rings. The molecule has 0 aromatic carbocycles. The van der Waals surface area contributed by atoms with Crippen LogP contribution in [0.2, 0.25) is 0 Å². The zero-order valence-corrected chi connectivity index (χ0v) is 43.3. The maximum absolute atomic E-state index is 13.2. The van der Waals surface area contributed by atoms with Crippen LogP contribution in [0.25, 0.3) is 0 Å². The summed E-state index contributed by atoms with van der Waals surface area (Å²) in [7, 11) is 0. The Morgan fingerprint density at radius 1 is 0.500 bits per heavy atom. The Balaban J connectivity index is 2.34. The van der Waals surface area contributed by atoms with Crippen molar-refractivity contribution in [2.75, 3.05) is 13.2 Å². The van der Waals surface area contributed by atoms with Crippen LogP contribution in [-0.4, -0.2) is 110 Å². The van der Waals surface area contributed by atoms with Crippen molar-refractivity contribution in [3.63, 3.8) is 0 Å². The van der Waals surface area contributed by atoms with Crippen molar-refractivity contribution in [3.8, 4) is 0 Å². The molecule has 1 rings (SSSR count). The number of nitrogens with one attached hydrogen (secondary N) is 1. The summed E-state index contributed by atoms with van der Waals surface area (Å²) in [5, 5.41) is 76.0. The lowest BCUT2D eigenvalue weighted by molar-refractivity contribution is -0.303. The van der Waals surface area contributed by atoms with Gasteiger partial charge in [0.05, 0.1) is 25.4 Å². The molecule has 0 aromatic rings. The molecule has 0 saturated carbocycles. The highest BCUT2D eigenvalue weighted by molar-refractivity contribution is 5.80. The number of hydrogen-bond donors (Lipinski definition) is 8. The molecule has 0 bridgehead atoms. The molecule has 0 aliphatic carbocycles. The Morgan fingerprint density at radius 2 is 0.882 bits per heavy atom. The molecule has 8 N–H and O–H groups in total. The van der Waals surface area contributed by atoms with Crippen LogP contribution < -0.4 is 5.32 Å². The van der Waals surface area contributed by atoms with Gasteiger partial charge in [0.2, 0.25) is 5.91 Å². The maximum Gasteiger partial charge on any atom is 0.249 e. The summed E-state index contributed by atoms with van der Waals surface area (Å²) in [6.45, 7) is 3.41. The van der Waals surface area contributed by atoms with E-state index >= 15 is 0 Å². The third-order valence-corrected chi connectivity index (χ3v) is 13.3. The summed E-state index contributed by atoms with van der Waals surface area (Å²) in [6.07, 6.45) is 45.9. The number of carbonyl (C=O) groups excluding carboxylic acids is 1. The fraction of sp³-hybridized carbons (Fsp3) is 0.842. The van der Waals surface area contributed by atoms with Crippen molar-refractivity contribution in [1.82, 2.24) is 5.32 Å². The Labute approximate surface area is 415 Å². The summed E-state index contributed by atoms with van der Waals surface area (Å²) in [4.78, 5) is 13.2. The second kappa shape index (κ2) is 46.2. The predicted octanol–water partition coefficient (Wildman–Crippen LogP) is 11.3. The monoisotopic (exact) mass is 964 g/mol. The van der Waals surface area contributed by atoms with Crippen molar-refractivity contribution in [1.29, 1.82) is 0 Å². The lowest BCUT2D eigenvalue weighted by Gasteiger charge is -2.40. The van der Waals surface area contributed by atoms with Gasteiger partial charge in [-0.1, -0.05) is 197 Å². The molecule has 11 heteroatoms. The van der Waals surface area contributed by atoms with E-state index in [1.807, 2.05) is 0 Å². The van der Waals surface area contributed by atoms with E-state index in [4.69, 9.17) is 9.47 Å². The zero-order chi connectivity index (χ0) is 49.7. The van der Waals surface area contributed by atoms with E-state index in [9.17, 15) is 40.5 Å². The van der Waals surface area contributed by atoms with E-state index < -0.39 is 74.2 Å². The highest BCUT2D eigenvalue weighted by Gasteiger charge is 2.44. The van der Waals surface area contributed by atoms with Gasteiger partial charge in [0, 0.05) is 0 Å². The molecule has 1 heterocycles. The molecule has 0 radical (unpaired) electrons. The van der Waals surface area contributed by atoms with Crippen molar-refractivity contribution in [2.24, 2.45) is 0 Å². The number of ether oxygens (including phenoxy) is 2. The number of aliphatic hydroxyl groups is 7. The maximum atomic E-state index is 13.2. The first kappa shape index (κ1) is 64.1. The minimum Gasteiger partial charge on any atom is -0.394 e. The summed E-state index contributed by atoms with van der Waals surface area (Å²) < 4.78 is 11.1. The summed E-state index contributed by atoms with van der Waals surface area (Å²) in [5.41, 5.74) is 0. The Bertz CT molecular complexity index is 1240. The number of carbonyl (C=O) groups is 1. The van der Waals surface area contributed by atoms with Gasteiger partial charge < -0.3 is 50.5 Å². The topological polar surface area (TPSA) is 189 Å². The number of aliphatic hydroxyl groups excluding tert-OH is 7. The number of unbranched alkanes of at least 4 members (excludes halogenated alkanes) is 27. The van der Waals surface area contributed by atoms with Gasteiger partial charge >= 0.3 is 0 Å². The lowest BCUT2D eigenvalue weighted by Crippen LogP contribution is -2.60. The van der Waals surface area contributed by atoms with Crippen LogP contribution in [-0.2, 0) is 14.3 Å². The molecule has 398 valence electrons. The molecule has 1 saturated heterocycles. The predicted molar refractivity (Wildman–Crippen MR) is 279 cm³/mol. The van der Waals surface area contributed by atoms with Gasteiger partial charge in [-0.15, -0.1) is 0 Å². The van der Waals surface area contributed by atoms with Crippen LogP contribution >= 0.6 is 0 Å². The number of amides is 1. The SMILES string of the molecule is CCCCC/C=C/CC/C=C/CC/C=C/CCCC(O)C(O)C(COC1OC(CO)C(O)C(O)C1O)NC(=O)C(O)CCCCCCCCCCC/C=C\CCCCCCCCCCCCCC. The van der Waals surface area contributed by atoms with Gasteiger partial charge in [0.15, 0.2) is 6.29 Å². The second-order valence-corrected chi connectivity index (χ2v) is 19.6. The van der Waals surface area contributed by atoms with Crippen molar-refractivity contribution in [2.45, 2.75) is 294 Å². The van der Waals surface area contributed by atoms with Crippen molar-refractivity contribution in [3.05, 3.63) is 48.6 Å². The van der Waals surface area contributed by atoms with Gasteiger partial charge in [0.25, 0.3) is 0 Å². The summed E-state index contributed by atoms with van der Waals surface area (Å²) in [6, 6.07) is -1.20. The van der Waals surface area contributed by atoms with Crippen LogP contribution in [0, 0.1) is 0 Å². The highest BCUT2D eigenvalue weighted by atomic mass is 16.7. The molecule has 0 spiro atoms. The molecule has 1 aliphatic rings. The molecule has 68 heavy (non-hydrogen) atoms. The quantitative estimate of drug-likeness (QED) is 0.0215. The molecule has 0 aromatic heterocycles. The van der Waals surface area contributed by atoms with Crippen LogP contribution in [0.1, 0.15) is 239 Å². The minimum atomic E-state index is -1.67. The Hall–Kier alpha value is -1.93. The number of allylic oxidation sites excluding steroid dienone is 8. The Kier molecular flexibility index (Phi) is 43.5. The molecule has 1 aliphatic heterocycles. The lowest BCUT2D eigenvalue weighted by atomic mass is 9.98. The summed E-state index contributed by atoms with van der Waals surface area (Å²) in [5.74, 6) is -0.714. The third-order valence-electron chi connectivity index (χ3n) is 13.3. The van der Waals surface area contributed by atoms with Crippen LogP contribution in [0.5, 0.6) is 0 Å². The van der Waals surface area contributed by atoms with Gasteiger partial charge in [-0.2, -0.15) is 0 Å². The van der Waals surface area contributed by atoms with Crippen LogP contribution in [0.15, 0.2) is 48.6 Å². The zero-order valence-electron chi connectivity index (χ0n) is 43.3. The Morgan fingerprint density at radius 3 is 1.34 bits per heavy atom. The fourth-order valence-corrected chi connectivity index (χ4v) is 8.70. The highest BCUT2D eigenvalue weighted by Crippen LogP contribution is 2.23. The van der Waals surface area contributed by atoms with Gasteiger partial charge in [-0.05, 0) is 89.9 Å². The minimum absolute atomic E-state index is 0.239. The molecule has 9 atom stereocenters. The van der Waals surface area contributed by atoms with Crippen molar-refractivity contribution < 1.29 is 50.0 Å². The third kappa shape index (κ3) is 34.4. The van der Waals surface area contributed by atoms with Crippen LogP contribution in [0.3, 0.4) is 0 Å². The summed E-state index contributed by atoms with van der Waals surface area (Å²) >= 11 is 0. The molecule has 11 nitrogen and oxygen atoms in total. The molecular formula is C57H105NO10. The van der Waals surface area contributed by atoms with Gasteiger partial charge in [0.1, 0.15) is 36.6 Å². The largest absolute Gasteiger partial charge is 0.394 e. The van der Waals surface area contributed by atoms with Gasteiger partial charge in [-0.25, -0.2) is 0 Å². The number of rotatable bonds is 47. The first-order valence-corrected chi connectivity index (χ1v) is 28.0.